The zero-order valence-corrected chi connectivity index (χ0v) is 13.4. The highest BCUT2D eigenvalue weighted by atomic mass is 16.5. The number of hydrogen-bond donors (Lipinski definition) is 0. The fourth-order valence-corrected chi connectivity index (χ4v) is 2.28. The largest absolute Gasteiger partial charge is 0.481 e. The third kappa shape index (κ3) is 3.43. The summed E-state index contributed by atoms with van der Waals surface area (Å²) in [4.78, 5) is 14.0. The van der Waals surface area contributed by atoms with Gasteiger partial charge >= 0.3 is 0 Å². The van der Waals surface area contributed by atoms with E-state index in [0.29, 0.717) is 11.6 Å². The van der Waals surface area contributed by atoms with Crippen molar-refractivity contribution in [2.24, 2.45) is 0 Å². The maximum absolute atomic E-state index is 12.5. The van der Waals surface area contributed by atoms with E-state index in [2.05, 4.69) is 10.2 Å². The normalized spacial score (nSPS) is 11.8. The molecule has 0 N–H and O–H groups in total. The fraction of sp³-hybridized carbons (Fsp3) is 0.167. The summed E-state index contributed by atoms with van der Waals surface area (Å²) >= 11 is 0. The smallest absolute Gasteiger partial charge is 0.267 e. The van der Waals surface area contributed by atoms with Crippen LogP contribution in [0.15, 0.2) is 65.4 Å². The molecule has 0 saturated heterocycles. The van der Waals surface area contributed by atoms with E-state index in [0.717, 1.165) is 11.3 Å². The summed E-state index contributed by atoms with van der Waals surface area (Å²) in [5.41, 5.74) is 1.62. The Bertz CT molecular complexity index is 786. The Balaban J connectivity index is 1.66. The van der Waals surface area contributed by atoms with Crippen LogP contribution in [-0.4, -0.2) is 29.3 Å². The molecule has 1 atom stereocenters. The SMILES string of the molecule is C[C@@H](Oc1ccc(-c2nnco2)cc1)C(=O)N(C)c1ccccc1. The molecule has 0 bridgehead atoms. The Labute approximate surface area is 139 Å². The predicted molar refractivity (Wildman–Crippen MR) is 89.7 cm³/mol. The average Bonchev–Trinajstić information content (AvgIpc) is 3.16. The van der Waals surface area contributed by atoms with Gasteiger partial charge in [0.2, 0.25) is 12.3 Å². The van der Waals surface area contributed by atoms with Gasteiger partial charge in [-0.1, -0.05) is 18.2 Å². The van der Waals surface area contributed by atoms with E-state index in [1.165, 1.54) is 6.39 Å². The monoisotopic (exact) mass is 323 g/mol. The summed E-state index contributed by atoms with van der Waals surface area (Å²) in [6.45, 7) is 1.73. The Morgan fingerprint density at radius 1 is 1.12 bits per heavy atom. The summed E-state index contributed by atoms with van der Waals surface area (Å²) in [6, 6.07) is 16.6. The number of anilines is 1. The molecule has 0 radical (unpaired) electrons. The summed E-state index contributed by atoms with van der Waals surface area (Å²) in [5.74, 6) is 0.914. The third-order valence-corrected chi connectivity index (χ3v) is 3.60. The molecule has 3 aromatic rings. The Kier molecular flexibility index (Phi) is 4.56. The molecule has 122 valence electrons. The highest BCUT2D eigenvalue weighted by molar-refractivity contribution is 5.96. The molecule has 0 aliphatic carbocycles. The minimum Gasteiger partial charge on any atom is -0.481 e. The van der Waals surface area contributed by atoms with Crippen LogP contribution < -0.4 is 9.64 Å². The molecule has 0 fully saturated rings. The number of nitrogens with zero attached hydrogens (tertiary/aromatic N) is 3. The first-order chi connectivity index (χ1) is 11.6. The molecule has 0 aliphatic heterocycles. The highest BCUT2D eigenvalue weighted by Crippen LogP contribution is 2.21. The number of aromatic nitrogens is 2. The van der Waals surface area contributed by atoms with Gasteiger partial charge in [-0.3, -0.25) is 4.79 Å². The Morgan fingerprint density at radius 3 is 2.46 bits per heavy atom. The van der Waals surface area contributed by atoms with E-state index >= 15 is 0 Å². The lowest BCUT2D eigenvalue weighted by atomic mass is 10.2. The molecule has 6 nitrogen and oxygen atoms in total. The second kappa shape index (κ2) is 6.95. The van der Waals surface area contributed by atoms with Crippen LogP contribution in [0.5, 0.6) is 5.75 Å². The van der Waals surface area contributed by atoms with Crippen LogP contribution in [-0.2, 0) is 4.79 Å². The van der Waals surface area contributed by atoms with E-state index in [-0.39, 0.29) is 5.91 Å². The van der Waals surface area contributed by atoms with Gasteiger partial charge in [0, 0.05) is 18.3 Å². The molecular weight excluding hydrogens is 306 g/mol. The van der Waals surface area contributed by atoms with Gasteiger partial charge < -0.3 is 14.1 Å². The van der Waals surface area contributed by atoms with Crippen LogP contribution in [0.3, 0.4) is 0 Å². The van der Waals surface area contributed by atoms with Crippen LogP contribution in [0.2, 0.25) is 0 Å². The topological polar surface area (TPSA) is 68.5 Å². The Morgan fingerprint density at radius 2 is 1.83 bits per heavy atom. The first kappa shape index (κ1) is 15.7. The lowest BCUT2D eigenvalue weighted by Crippen LogP contribution is -2.37. The van der Waals surface area contributed by atoms with Gasteiger partial charge in [0.15, 0.2) is 6.10 Å². The van der Waals surface area contributed by atoms with Gasteiger partial charge in [0.05, 0.1) is 0 Å². The molecule has 1 amide bonds. The van der Waals surface area contributed by atoms with Gasteiger partial charge in [-0.05, 0) is 43.3 Å². The minimum atomic E-state index is -0.607. The van der Waals surface area contributed by atoms with Crippen molar-refractivity contribution < 1.29 is 13.9 Å². The van der Waals surface area contributed by atoms with Crippen LogP contribution in [0.25, 0.3) is 11.5 Å². The van der Waals surface area contributed by atoms with E-state index in [1.807, 2.05) is 30.3 Å². The average molecular weight is 323 g/mol. The number of likely N-dealkylation sites (N-methyl/N-ethyl adjacent to an activating group) is 1. The van der Waals surface area contributed by atoms with E-state index < -0.39 is 6.10 Å². The molecule has 0 spiro atoms. The summed E-state index contributed by atoms with van der Waals surface area (Å²) in [6.07, 6.45) is 0.671. The second-order valence-electron chi connectivity index (χ2n) is 5.26. The molecule has 0 saturated carbocycles. The number of rotatable bonds is 5. The first-order valence-electron chi connectivity index (χ1n) is 7.51. The van der Waals surface area contributed by atoms with Gasteiger partial charge in [0.25, 0.3) is 5.91 Å². The van der Waals surface area contributed by atoms with Crippen molar-refractivity contribution in [3.05, 3.63) is 61.0 Å². The lowest BCUT2D eigenvalue weighted by Gasteiger charge is -2.22. The molecule has 2 aromatic carbocycles. The number of hydrogen-bond acceptors (Lipinski definition) is 5. The van der Waals surface area contributed by atoms with Crippen molar-refractivity contribution in [3.8, 4) is 17.2 Å². The number of para-hydroxylation sites is 1. The minimum absolute atomic E-state index is 0.123. The summed E-state index contributed by atoms with van der Waals surface area (Å²) in [5, 5.41) is 7.49. The van der Waals surface area contributed by atoms with Crippen LogP contribution in [0.1, 0.15) is 6.92 Å². The van der Waals surface area contributed by atoms with Crippen LogP contribution >= 0.6 is 0 Å². The first-order valence-corrected chi connectivity index (χ1v) is 7.51. The molecule has 6 heteroatoms. The number of benzene rings is 2. The van der Waals surface area contributed by atoms with Crippen molar-refractivity contribution >= 4 is 11.6 Å². The zero-order chi connectivity index (χ0) is 16.9. The fourth-order valence-electron chi connectivity index (χ4n) is 2.28. The van der Waals surface area contributed by atoms with Crippen molar-refractivity contribution in [1.82, 2.24) is 10.2 Å². The number of carbonyl (C=O) groups is 1. The van der Waals surface area contributed by atoms with Crippen molar-refractivity contribution in [3.63, 3.8) is 0 Å². The lowest BCUT2D eigenvalue weighted by molar-refractivity contribution is -0.124. The quantitative estimate of drug-likeness (QED) is 0.721. The van der Waals surface area contributed by atoms with Gasteiger partial charge in [-0.15, -0.1) is 10.2 Å². The maximum atomic E-state index is 12.5. The maximum Gasteiger partial charge on any atom is 0.267 e. The zero-order valence-electron chi connectivity index (χ0n) is 13.4. The third-order valence-electron chi connectivity index (χ3n) is 3.60. The van der Waals surface area contributed by atoms with Crippen molar-refractivity contribution in [1.29, 1.82) is 0 Å². The molecule has 24 heavy (non-hydrogen) atoms. The highest BCUT2D eigenvalue weighted by Gasteiger charge is 2.20. The predicted octanol–water partition coefficient (Wildman–Crippen LogP) is 3.17. The van der Waals surface area contributed by atoms with Gasteiger partial charge in [-0.25, -0.2) is 0 Å². The van der Waals surface area contributed by atoms with Crippen molar-refractivity contribution in [2.45, 2.75) is 13.0 Å². The Hall–Kier alpha value is -3.15. The van der Waals surface area contributed by atoms with Crippen LogP contribution in [0, 0.1) is 0 Å². The molecule has 0 aliphatic rings. The van der Waals surface area contributed by atoms with E-state index in [9.17, 15) is 4.79 Å². The van der Waals surface area contributed by atoms with Crippen molar-refractivity contribution in [2.75, 3.05) is 11.9 Å². The number of carbonyl (C=O) groups excluding carboxylic acids is 1. The number of ether oxygens (including phenoxy) is 1. The molecular formula is C18H17N3O3. The summed E-state index contributed by atoms with van der Waals surface area (Å²) < 4.78 is 10.9. The second-order valence-corrected chi connectivity index (χ2v) is 5.26. The van der Waals surface area contributed by atoms with Crippen LogP contribution in [0.4, 0.5) is 5.69 Å². The van der Waals surface area contributed by atoms with Gasteiger partial charge in [-0.2, -0.15) is 0 Å². The number of amides is 1. The van der Waals surface area contributed by atoms with Gasteiger partial charge in [0.1, 0.15) is 5.75 Å². The standard InChI is InChI=1S/C18H17N3O3/c1-13(18(22)21(2)15-6-4-3-5-7-15)24-16-10-8-14(9-11-16)17-20-19-12-23-17/h3-13H,1-2H3/t13-/m1/s1. The van der Waals surface area contributed by atoms with E-state index in [1.54, 1.807) is 43.1 Å². The molecule has 0 unspecified atom stereocenters. The molecule has 3 rings (SSSR count). The van der Waals surface area contributed by atoms with E-state index in [4.69, 9.17) is 9.15 Å². The molecule has 1 heterocycles. The summed E-state index contributed by atoms with van der Waals surface area (Å²) in [7, 11) is 1.73. The molecule has 1 aromatic heterocycles.